The highest BCUT2D eigenvalue weighted by Crippen LogP contribution is 2.30. The van der Waals surface area contributed by atoms with Crippen LogP contribution >= 0.6 is 0 Å². The zero-order valence-corrected chi connectivity index (χ0v) is 16.0. The van der Waals surface area contributed by atoms with E-state index in [4.69, 9.17) is 10.5 Å². The number of aliphatic hydroxyl groups is 1. The van der Waals surface area contributed by atoms with Crippen molar-refractivity contribution in [2.45, 2.75) is 44.6 Å². The number of aliphatic hydroxyl groups excluding tert-OH is 1. The smallest absolute Gasteiger partial charge is 0.416 e. The Bertz CT molecular complexity index is 733. The van der Waals surface area contributed by atoms with Crippen LogP contribution in [0, 0.1) is 0 Å². The van der Waals surface area contributed by atoms with Crippen molar-refractivity contribution in [1.29, 1.82) is 0 Å². The van der Waals surface area contributed by atoms with E-state index >= 15 is 0 Å². The fourth-order valence-electron chi connectivity index (χ4n) is 2.73. The van der Waals surface area contributed by atoms with E-state index in [1.807, 2.05) is 38.1 Å². The van der Waals surface area contributed by atoms with E-state index < -0.39 is 17.8 Å². The number of benzene rings is 2. The zero-order valence-electron chi connectivity index (χ0n) is 16.0. The third-order valence-corrected chi connectivity index (χ3v) is 4.24. The van der Waals surface area contributed by atoms with Crippen LogP contribution in [0.1, 0.15) is 36.6 Å². The Kier molecular flexibility index (Phi) is 7.86. The highest BCUT2D eigenvalue weighted by Gasteiger charge is 2.30. The van der Waals surface area contributed by atoms with Gasteiger partial charge in [-0.3, -0.25) is 0 Å². The summed E-state index contributed by atoms with van der Waals surface area (Å²) in [5, 5.41) is 13.4. The van der Waals surface area contributed by atoms with Gasteiger partial charge in [0.2, 0.25) is 0 Å². The van der Waals surface area contributed by atoms with Crippen LogP contribution in [0.3, 0.4) is 0 Å². The molecule has 7 heteroatoms. The molecule has 154 valence electrons. The normalized spacial score (nSPS) is 15.1. The molecule has 0 radical (unpaired) electrons. The fourth-order valence-corrected chi connectivity index (χ4v) is 2.73. The van der Waals surface area contributed by atoms with Crippen molar-refractivity contribution in [2.24, 2.45) is 5.73 Å². The first-order valence-electron chi connectivity index (χ1n) is 9.21. The molecule has 0 aliphatic carbocycles. The Morgan fingerprint density at radius 3 is 2.39 bits per heavy atom. The molecule has 28 heavy (non-hydrogen) atoms. The maximum absolute atomic E-state index is 12.8. The van der Waals surface area contributed by atoms with Crippen LogP contribution in [0.4, 0.5) is 13.2 Å². The van der Waals surface area contributed by atoms with Crippen LogP contribution < -0.4 is 15.8 Å². The van der Waals surface area contributed by atoms with Gasteiger partial charge in [0.25, 0.3) is 0 Å². The van der Waals surface area contributed by atoms with Gasteiger partial charge in [-0.25, -0.2) is 0 Å². The van der Waals surface area contributed by atoms with Crippen molar-refractivity contribution in [2.75, 3.05) is 13.2 Å². The molecular formula is C21H27F3N2O2. The van der Waals surface area contributed by atoms with Gasteiger partial charge in [0.15, 0.2) is 0 Å². The second-order valence-corrected chi connectivity index (χ2v) is 7.08. The number of halogens is 3. The van der Waals surface area contributed by atoms with Gasteiger partial charge in [0.05, 0.1) is 11.7 Å². The Morgan fingerprint density at radius 2 is 1.79 bits per heavy atom. The number of alkyl halides is 3. The van der Waals surface area contributed by atoms with Gasteiger partial charge >= 0.3 is 6.18 Å². The van der Waals surface area contributed by atoms with Gasteiger partial charge in [0, 0.05) is 18.6 Å². The van der Waals surface area contributed by atoms with Crippen LogP contribution in [-0.2, 0) is 12.6 Å². The van der Waals surface area contributed by atoms with Crippen LogP contribution in [0.15, 0.2) is 48.5 Å². The number of nitrogens with one attached hydrogen (secondary N) is 1. The number of nitrogens with two attached hydrogens (primary N) is 1. The highest BCUT2D eigenvalue weighted by atomic mass is 19.4. The van der Waals surface area contributed by atoms with Gasteiger partial charge < -0.3 is 20.9 Å². The van der Waals surface area contributed by atoms with E-state index in [1.54, 1.807) is 0 Å². The maximum Gasteiger partial charge on any atom is 0.416 e. The predicted molar refractivity (Wildman–Crippen MR) is 103 cm³/mol. The topological polar surface area (TPSA) is 67.5 Å². The van der Waals surface area contributed by atoms with E-state index in [-0.39, 0.29) is 24.2 Å². The first kappa shape index (κ1) is 22.2. The van der Waals surface area contributed by atoms with Gasteiger partial charge in [-0.1, -0.05) is 24.3 Å². The molecule has 2 aromatic carbocycles. The van der Waals surface area contributed by atoms with E-state index in [2.05, 4.69) is 5.32 Å². The predicted octanol–water partition coefficient (Wildman–Crippen LogP) is 3.69. The molecule has 0 heterocycles. The first-order chi connectivity index (χ1) is 13.1. The molecule has 4 N–H and O–H groups in total. The van der Waals surface area contributed by atoms with Crippen LogP contribution in [0.25, 0.3) is 0 Å². The summed E-state index contributed by atoms with van der Waals surface area (Å²) >= 11 is 0. The summed E-state index contributed by atoms with van der Waals surface area (Å²) in [6.07, 6.45) is -4.73. The number of rotatable bonds is 9. The largest absolute Gasteiger partial charge is 0.492 e. The lowest BCUT2D eigenvalue weighted by Gasteiger charge is -2.18. The fraction of sp³-hybridized carbons (Fsp3) is 0.429. The summed E-state index contributed by atoms with van der Waals surface area (Å²) in [6, 6.07) is 12.4. The average Bonchev–Trinajstić information content (AvgIpc) is 2.65. The first-order valence-corrected chi connectivity index (χ1v) is 9.21. The Hall–Kier alpha value is -2.09. The Morgan fingerprint density at radius 1 is 1.11 bits per heavy atom. The minimum atomic E-state index is -4.42. The van der Waals surface area contributed by atoms with Crippen LogP contribution in [0.2, 0.25) is 0 Å². The SMILES string of the molecule is CC(N)COc1ccc(CC(C)NCC(O)c2cccc(C(F)(F)F)c2)cc1. The molecule has 0 bridgehead atoms. The minimum Gasteiger partial charge on any atom is -0.492 e. The lowest BCUT2D eigenvalue weighted by molar-refractivity contribution is -0.137. The maximum atomic E-state index is 12.8. The lowest BCUT2D eigenvalue weighted by atomic mass is 10.0. The van der Waals surface area contributed by atoms with Gasteiger partial charge in [-0.05, 0) is 55.7 Å². The summed E-state index contributed by atoms with van der Waals surface area (Å²) in [5.74, 6) is 0.752. The number of ether oxygens (including phenoxy) is 1. The lowest BCUT2D eigenvalue weighted by Crippen LogP contribution is -2.32. The van der Waals surface area contributed by atoms with Crippen LogP contribution in [-0.4, -0.2) is 30.3 Å². The highest BCUT2D eigenvalue weighted by molar-refractivity contribution is 5.28. The van der Waals surface area contributed by atoms with Crippen molar-refractivity contribution < 1.29 is 23.0 Å². The summed E-state index contributed by atoms with van der Waals surface area (Å²) in [7, 11) is 0. The van der Waals surface area contributed by atoms with Crippen molar-refractivity contribution in [3.63, 3.8) is 0 Å². The molecule has 2 rings (SSSR count). The molecule has 0 aliphatic rings. The quantitative estimate of drug-likeness (QED) is 0.605. The monoisotopic (exact) mass is 396 g/mol. The van der Waals surface area contributed by atoms with Gasteiger partial charge in [0.1, 0.15) is 12.4 Å². The molecule has 0 amide bonds. The Labute approximate surface area is 163 Å². The summed E-state index contributed by atoms with van der Waals surface area (Å²) < 4.78 is 43.9. The van der Waals surface area contributed by atoms with Gasteiger partial charge in [-0.15, -0.1) is 0 Å². The molecular weight excluding hydrogens is 369 g/mol. The summed E-state index contributed by atoms with van der Waals surface area (Å²) in [6.45, 7) is 4.44. The van der Waals surface area contributed by atoms with Crippen molar-refractivity contribution >= 4 is 0 Å². The van der Waals surface area contributed by atoms with Crippen LogP contribution in [0.5, 0.6) is 5.75 Å². The molecule has 0 saturated heterocycles. The molecule has 3 atom stereocenters. The summed E-state index contributed by atoms with van der Waals surface area (Å²) in [5.41, 5.74) is 6.22. The van der Waals surface area contributed by atoms with Gasteiger partial charge in [-0.2, -0.15) is 13.2 Å². The van der Waals surface area contributed by atoms with Crippen molar-refractivity contribution in [3.05, 3.63) is 65.2 Å². The molecule has 0 fully saturated rings. The third kappa shape index (κ3) is 7.14. The van der Waals surface area contributed by atoms with E-state index in [0.717, 1.165) is 23.4 Å². The minimum absolute atomic E-state index is 0.0350. The molecule has 0 aliphatic heterocycles. The molecule has 0 aromatic heterocycles. The Balaban J connectivity index is 1.84. The van der Waals surface area contributed by atoms with Crippen molar-refractivity contribution in [3.8, 4) is 5.75 Å². The average molecular weight is 396 g/mol. The molecule has 4 nitrogen and oxygen atoms in total. The third-order valence-electron chi connectivity index (χ3n) is 4.24. The van der Waals surface area contributed by atoms with E-state index in [9.17, 15) is 18.3 Å². The number of hydrogen-bond donors (Lipinski definition) is 3. The second-order valence-electron chi connectivity index (χ2n) is 7.08. The summed E-state index contributed by atoms with van der Waals surface area (Å²) in [4.78, 5) is 0. The molecule has 0 spiro atoms. The molecule has 3 unspecified atom stereocenters. The van der Waals surface area contributed by atoms with Crippen molar-refractivity contribution in [1.82, 2.24) is 5.32 Å². The standard InChI is InChI=1S/C21H27F3N2O2/c1-14(25)13-28-19-8-6-16(7-9-19)10-15(2)26-12-20(27)17-4-3-5-18(11-17)21(22,23)24/h3-9,11,14-15,20,26-27H,10,12-13,25H2,1-2H3. The van der Waals surface area contributed by atoms with E-state index in [1.165, 1.54) is 12.1 Å². The van der Waals surface area contributed by atoms with E-state index in [0.29, 0.717) is 13.0 Å². The zero-order chi connectivity index (χ0) is 20.7. The molecule has 0 saturated carbocycles. The second kappa shape index (κ2) is 9.91. The molecule has 2 aromatic rings. The number of hydrogen-bond acceptors (Lipinski definition) is 4.